The van der Waals surface area contributed by atoms with Crippen molar-refractivity contribution in [1.82, 2.24) is 5.43 Å². The third-order valence-corrected chi connectivity index (χ3v) is 4.44. The molecule has 1 amide bonds. The van der Waals surface area contributed by atoms with Gasteiger partial charge in [0.25, 0.3) is 0 Å². The maximum Gasteiger partial charge on any atom is 0.244 e. The predicted octanol–water partition coefficient (Wildman–Crippen LogP) is 5.25. The Morgan fingerprint density at radius 2 is 1.85 bits per heavy atom. The lowest BCUT2D eigenvalue weighted by Gasteiger charge is -2.01. The van der Waals surface area contributed by atoms with E-state index in [0.717, 1.165) is 16.7 Å². The average molecular weight is 387 g/mol. The van der Waals surface area contributed by atoms with Gasteiger partial charge in [-0.25, -0.2) is 5.43 Å². The molecule has 1 heterocycles. The third kappa shape index (κ3) is 4.75. The van der Waals surface area contributed by atoms with Crippen molar-refractivity contribution >= 4 is 35.3 Å². The second kappa shape index (κ2) is 8.21. The first-order valence-corrected chi connectivity index (χ1v) is 8.69. The summed E-state index contributed by atoms with van der Waals surface area (Å²) in [4.78, 5) is 11.9. The summed E-state index contributed by atoms with van der Waals surface area (Å²) < 4.78 is 5.68. The van der Waals surface area contributed by atoms with Crippen LogP contribution in [0.2, 0.25) is 10.0 Å². The fraction of sp³-hybridized carbons (Fsp3) is 0.100. The topological polar surface area (TPSA) is 54.6 Å². The first-order valence-electron chi connectivity index (χ1n) is 7.94. The Morgan fingerprint density at radius 3 is 2.58 bits per heavy atom. The molecule has 1 aromatic heterocycles. The molecule has 2 aromatic carbocycles. The van der Waals surface area contributed by atoms with Crippen LogP contribution in [0.4, 0.5) is 0 Å². The summed E-state index contributed by atoms with van der Waals surface area (Å²) in [6.07, 6.45) is 1.72. The quantitative estimate of drug-likeness (QED) is 0.480. The Kier molecular flexibility index (Phi) is 5.76. The Morgan fingerprint density at radius 1 is 1.08 bits per heavy atom. The molecule has 0 bridgehead atoms. The zero-order chi connectivity index (χ0) is 18.5. The van der Waals surface area contributed by atoms with Gasteiger partial charge in [0.15, 0.2) is 0 Å². The summed E-state index contributed by atoms with van der Waals surface area (Å²) in [5.74, 6) is 0.957. The molecule has 0 saturated heterocycles. The number of hydrazone groups is 1. The maximum atomic E-state index is 11.9. The van der Waals surface area contributed by atoms with E-state index in [2.05, 4.69) is 10.5 Å². The fourth-order valence-electron chi connectivity index (χ4n) is 2.33. The van der Waals surface area contributed by atoms with Gasteiger partial charge in [0.2, 0.25) is 5.91 Å². The minimum atomic E-state index is -0.193. The van der Waals surface area contributed by atoms with Crippen LogP contribution in [0.5, 0.6) is 0 Å². The molecular formula is C20H16Cl2N2O2. The number of rotatable bonds is 5. The van der Waals surface area contributed by atoms with Gasteiger partial charge in [-0.05, 0) is 42.8 Å². The van der Waals surface area contributed by atoms with E-state index in [-0.39, 0.29) is 12.3 Å². The van der Waals surface area contributed by atoms with Gasteiger partial charge in [-0.3, -0.25) is 4.79 Å². The molecule has 0 atom stereocenters. The van der Waals surface area contributed by atoms with Crippen LogP contribution in [0, 0.1) is 6.92 Å². The summed E-state index contributed by atoms with van der Waals surface area (Å²) >= 11 is 11.9. The minimum Gasteiger partial charge on any atom is -0.455 e. The zero-order valence-electron chi connectivity index (χ0n) is 14.0. The van der Waals surface area contributed by atoms with E-state index < -0.39 is 0 Å². The second-order valence-corrected chi connectivity index (χ2v) is 6.60. The number of hydrogen-bond donors (Lipinski definition) is 1. The molecule has 0 fully saturated rings. The highest BCUT2D eigenvalue weighted by Crippen LogP contribution is 2.29. The average Bonchev–Trinajstić information content (AvgIpc) is 3.08. The standard InChI is InChI=1S/C20H16Cl2N2O2/c1-13-2-4-14(5-3-13)10-20(25)24-23-12-16-7-9-19(26-16)15-6-8-17(21)18(22)11-15/h2-9,11-12H,10H2,1H3,(H,24,25)/b23-12-. The number of aryl methyl sites for hydroxylation is 1. The molecule has 6 heteroatoms. The van der Waals surface area contributed by atoms with E-state index in [0.29, 0.717) is 21.6 Å². The smallest absolute Gasteiger partial charge is 0.244 e. The van der Waals surface area contributed by atoms with Crippen molar-refractivity contribution < 1.29 is 9.21 Å². The second-order valence-electron chi connectivity index (χ2n) is 5.79. The van der Waals surface area contributed by atoms with Gasteiger partial charge >= 0.3 is 0 Å². The highest BCUT2D eigenvalue weighted by atomic mass is 35.5. The van der Waals surface area contributed by atoms with Crippen LogP contribution in [0.25, 0.3) is 11.3 Å². The Hall–Kier alpha value is -2.56. The molecule has 0 aliphatic carbocycles. The van der Waals surface area contributed by atoms with Gasteiger partial charge in [-0.15, -0.1) is 0 Å². The first-order chi connectivity index (χ1) is 12.5. The molecule has 0 radical (unpaired) electrons. The molecule has 1 N–H and O–H groups in total. The largest absolute Gasteiger partial charge is 0.455 e. The lowest BCUT2D eigenvalue weighted by Crippen LogP contribution is -2.19. The normalized spacial score (nSPS) is 11.0. The van der Waals surface area contributed by atoms with Crippen LogP contribution < -0.4 is 5.43 Å². The molecule has 0 aliphatic heterocycles. The third-order valence-electron chi connectivity index (χ3n) is 3.70. The van der Waals surface area contributed by atoms with Gasteiger partial charge in [0.1, 0.15) is 11.5 Å². The van der Waals surface area contributed by atoms with Crippen molar-refractivity contribution in [2.24, 2.45) is 5.10 Å². The SMILES string of the molecule is Cc1ccc(CC(=O)N/N=C\c2ccc(-c3ccc(Cl)c(Cl)c3)o2)cc1. The summed E-state index contributed by atoms with van der Waals surface area (Å²) in [6, 6.07) is 16.6. The Labute approximate surface area is 161 Å². The highest BCUT2D eigenvalue weighted by molar-refractivity contribution is 6.42. The van der Waals surface area contributed by atoms with Crippen LogP contribution in [0.15, 0.2) is 64.1 Å². The van der Waals surface area contributed by atoms with Crippen LogP contribution >= 0.6 is 23.2 Å². The fourth-order valence-corrected chi connectivity index (χ4v) is 2.62. The number of hydrogen-bond acceptors (Lipinski definition) is 3. The summed E-state index contributed by atoms with van der Waals surface area (Å²) in [6.45, 7) is 2.00. The number of benzene rings is 2. The molecular weight excluding hydrogens is 371 g/mol. The number of nitrogens with zero attached hydrogens (tertiary/aromatic N) is 1. The molecule has 3 rings (SSSR count). The molecule has 4 nitrogen and oxygen atoms in total. The molecule has 0 unspecified atom stereocenters. The van der Waals surface area contributed by atoms with Gasteiger partial charge in [-0.2, -0.15) is 5.10 Å². The van der Waals surface area contributed by atoms with Crippen LogP contribution in [-0.2, 0) is 11.2 Å². The summed E-state index contributed by atoms with van der Waals surface area (Å²) in [5.41, 5.74) is 5.39. The Bertz CT molecular complexity index is 947. The number of nitrogens with one attached hydrogen (secondary N) is 1. The molecule has 0 spiro atoms. The number of carbonyl (C=O) groups is 1. The van der Waals surface area contributed by atoms with Gasteiger partial charge in [-0.1, -0.05) is 53.0 Å². The van der Waals surface area contributed by atoms with Crippen molar-refractivity contribution in [1.29, 1.82) is 0 Å². The van der Waals surface area contributed by atoms with E-state index in [1.54, 1.807) is 24.3 Å². The Balaban J connectivity index is 1.59. The minimum absolute atomic E-state index is 0.193. The summed E-state index contributed by atoms with van der Waals surface area (Å²) in [5, 5.41) is 4.87. The molecule has 0 saturated carbocycles. The van der Waals surface area contributed by atoms with Crippen LogP contribution in [0.1, 0.15) is 16.9 Å². The van der Waals surface area contributed by atoms with E-state index in [4.69, 9.17) is 27.6 Å². The van der Waals surface area contributed by atoms with E-state index in [9.17, 15) is 4.79 Å². The lowest BCUT2D eigenvalue weighted by atomic mass is 10.1. The summed E-state index contributed by atoms with van der Waals surface area (Å²) in [7, 11) is 0. The number of amides is 1. The lowest BCUT2D eigenvalue weighted by molar-refractivity contribution is -0.120. The van der Waals surface area contributed by atoms with E-state index in [1.807, 2.05) is 37.3 Å². The predicted molar refractivity (Wildman–Crippen MR) is 105 cm³/mol. The number of carbonyl (C=O) groups excluding carboxylic acids is 1. The van der Waals surface area contributed by atoms with Crippen molar-refractivity contribution in [3.63, 3.8) is 0 Å². The zero-order valence-corrected chi connectivity index (χ0v) is 15.5. The first kappa shape index (κ1) is 18.2. The monoisotopic (exact) mass is 386 g/mol. The van der Waals surface area contributed by atoms with Gasteiger partial charge in [0, 0.05) is 5.56 Å². The van der Waals surface area contributed by atoms with Crippen molar-refractivity contribution in [2.75, 3.05) is 0 Å². The number of halogens is 2. The highest BCUT2D eigenvalue weighted by Gasteiger charge is 2.06. The molecule has 0 aliphatic rings. The van der Waals surface area contributed by atoms with Gasteiger partial charge < -0.3 is 4.42 Å². The van der Waals surface area contributed by atoms with Crippen LogP contribution in [0.3, 0.4) is 0 Å². The number of furan rings is 1. The van der Waals surface area contributed by atoms with Crippen LogP contribution in [-0.4, -0.2) is 12.1 Å². The van der Waals surface area contributed by atoms with E-state index in [1.165, 1.54) is 6.21 Å². The molecule has 3 aromatic rings. The maximum absolute atomic E-state index is 11.9. The molecule has 26 heavy (non-hydrogen) atoms. The van der Waals surface area contributed by atoms with Gasteiger partial charge in [0.05, 0.1) is 22.7 Å². The van der Waals surface area contributed by atoms with Crippen molar-refractivity contribution in [2.45, 2.75) is 13.3 Å². The molecule has 132 valence electrons. The van der Waals surface area contributed by atoms with Crippen molar-refractivity contribution in [3.05, 3.63) is 81.5 Å². The van der Waals surface area contributed by atoms with E-state index >= 15 is 0 Å². The van der Waals surface area contributed by atoms with Crippen molar-refractivity contribution in [3.8, 4) is 11.3 Å².